The van der Waals surface area contributed by atoms with Crippen molar-refractivity contribution in [3.63, 3.8) is 0 Å². The van der Waals surface area contributed by atoms with Crippen molar-refractivity contribution in [1.82, 2.24) is 4.90 Å². The van der Waals surface area contributed by atoms with E-state index in [0.29, 0.717) is 25.5 Å². The van der Waals surface area contributed by atoms with Gasteiger partial charge in [-0.1, -0.05) is 6.92 Å². The number of ether oxygens (including phenoxy) is 1. The van der Waals surface area contributed by atoms with Crippen molar-refractivity contribution < 1.29 is 13.9 Å². The Balaban J connectivity index is 2.01. The van der Waals surface area contributed by atoms with Crippen LogP contribution in [0.1, 0.15) is 23.9 Å². The molecule has 0 spiro atoms. The summed E-state index contributed by atoms with van der Waals surface area (Å²) < 4.78 is 10.6. The van der Waals surface area contributed by atoms with Gasteiger partial charge in [-0.15, -0.1) is 0 Å². The fraction of sp³-hybridized carbons (Fsp3) is 0.545. The Morgan fingerprint density at radius 3 is 3.20 bits per heavy atom. The molecule has 1 aliphatic rings. The Morgan fingerprint density at radius 2 is 2.53 bits per heavy atom. The van der Waals surface area contributed by atoms with Crippen LogP contribution in [0.15, 0.2) is 22.8 Å². The molecule has 1 aromatic heterocycles. The highest BCUT2D eigenvalue weighted by Crippen LogP contribution is 2.12. The molecule has 0 bridgehead atoms. The van der Waals surface area contributed by atoms with Gasteiger partial charge >= 0.3 is 0 Å². The van der Waals surface area contributed by atoms with E-state index in [0.717, 1.165) is 6.42 Å². The Bertz CT molecular complexity index is 321. The highest BCUT2D eigenvalue weighted by atomic mass is 16.5. The second-order valence-corrected chi connectivity index (χ2v) is 3.63. The number of rotatable bonds is 2. The average Bonchev–Trinajstić information content (AvgIpc) is 2.81. The zero-order chi connectivity index (χ0) is 10.7. The molecule has 1 aromatic rings. The van der Waals surface area contributed by atoms with Crippen molar-refractivity contribution in [2.45, 2.75) is 19.4 Å². The summed E-state index contributed by atoms with van der Waals surface area (Å²) in [4.78, 5) is 13.7. The van der Waals surface area contributed by atoms with Crippen LogP contribution in [0.4, 0.5) is 0 Å². The van der Waals surface area contributed by atoms with Gasteiger partial charge < -0.3 is 14.1 Å². The maximum atomic E-state index is 11.9. The summed E-state index contributed by atoms with van der Waals surface area (Å²) in [6.45, 7) is 3.99. The average molecular weight is 209 g/mol. The summed E-state index contributed by atoms with van der Waals surface area (Å²) in [6.07, 6.45) is 2.62. The first-order valence-electron chi connectivity index (χ1n) is 5.25. The first-order valence-corrected chi connectivity index (χ1v) is 5.25. The van der Waals surface area contributed by atoms with Gasteiger partial charge in [0.1, 0.15) is 0 Å². The Hall–Kier alpha value is -1.29. The Morgan fingerprint density at radius 1 is 1.67 bits per heavy atom. The van der Waals surface area contributed by atoms with E-state index < -0.39 is 0 Å². The van der Waals surface area contributed by atoms with Crippen LogP contribution in [0.25, 0.3) is 0 Å². The highest BCUT2D eigenvalue weighted by Gasteiger charge is 2.25. The Kier molecular flexibility index (Phi) is 3.06. The number of nitrogens with zero attached hydrogens (tertiary/aromatic N) is 1. The quantitative estimate of drug-likeness (QED) is 0.741. The van der Waals surface area contributed by atoms with Crippen LogP contribution in [0.5, 0.6) is 0 Å². The van der Waals surface area contributed by atoms with E-state index in [9.17, 15) is 4.79 Å². The van der Waals surface area contributed by atoms with Crippen LogP contribution in [0.2, 0.25) is 0 Å². The number of carbonyl (C=O) groups excluding carboxylic acids is 1. The third-order valence-electron chi connectivity index (χ3n) is 2.61. The minimum absolute atomic E-state index is 0.0400. The van der Waals surface area contributed by atoms with Gasteiger partial charge in [0.05, 0.1) is 19.0 Å². The normalized spacial score (nSPS) is 21.7. The molecule has 1 saturated heterocycles. The van der Waals surface area contributed by atoms with Crippen molar-refractivity contribution in [2.24, 2.45) is 0 Å². The molecule has 0 N–H and O–H groups in total. The first kappa shape index (κ1) is 10.2. The first-order chi connectivity index (χ1) is 7.31. The molecular weight excluding hydrogens is 194 g/mol. The predicted octanol–water partition coefficient (Wildman–Crippen LogP) is 1.53. The smallest absolute Gasteiger partial charge is 0.289 e. The maximum Gasteiger partial charge on any atom is 0.289 e. The lowest BCUT2D eigenvalue weighted by Gasteiger charge is -2.31. The fourth-order valence-corrected chi connectivity index (χ4v) is 1.71. The van der Waals surface area contributed by atoms with E-state index in [4.69, 9.17) is 9.15 Å². The molecule has 1 aliphatic heterocycles. The van der Waals surface area contributed by atoms with E-state index in [1.807, 2.05) is 0 Å². The zero-order valence-corrected chi connectivity index (χ0v) is 8.81. The minimum atomic E-state index is -0.0400. The molecule has 1 atom stereocenters. The van der Waals surface area contributed by atoms with E-state index in [1.165, 1.54) is 6.26 Å². The summed E-state index contributed by atoms with van der Waals surface area (Å²) in [5.41, 5.74) is 0. The topological polar surface area (TPSA) is 42.7 Å². The predicted molar refractivity (Wildman–Crippen MR) is 54.6 cm³/mol. The van der Waals surface area contributed by atoms with Gasteiger partial charge in [0.15, 0.2) is 5.76 Å². The Labute approximate surface area is 88.8 Å². The summed E-state index contributed by atoms with van der Waals surface area (Å²) in [5, 5.41) is 0. The number of hydrogen-bond donors (Lipinski definition) is 0. The molecule has 0 saturated carbocycles. The number of morpholine rings is 1. The highest BCUT2D eigenvalue weighted by molar-refractivity contribution is 5.91. The molecule has 0 radical (unpaired) electrons. The van der Waals surface area contributed by atoms with Crippen molar-refractivity contribution in [2.75, 3.05) is 19.7 Å². The lowest BCUT2D eigenvalue weighted by Crippen LogP contribution is -2.45. The van der Waals surface area contributed by atoms with Gasteiger partial charge in [-0.3, -0.25) is 4.79 Å². The van der Waals surface area contributed by atoms with Crippen LogP contribution in [0.3, 0.4) is 0 Å². The van der Waals surface area contributed by atoms with Crippen LogP contribution < -0.4 is 0 Å². The fourth-order valence-electron chi connectivity index (χ4n) is 1.71. The van der Waals surface area contributed by atoms with Crippen molar-refractivity contribution >= 4 is 5.91 Å². The van der Waals surface area contributed by atoms with E-state index >= 15 is 0 Å². The lowest BCUT2D eigenvalue weighted by molar-refractivity contribution is -0.0235. The largest absolute Gasteiger partial charge is 0.459 e. The van der Waals surface area contributed by atoms with E-state index in [2.05, 4.69) is 6.92 Å². The summed E-state index contributed by atoms with van der Waals surface area (Å²) in [7, 11) is 0. The molecule has 0 aliphatic carbocycles. The van der Waals surface area contributed by atoms with Gasteiger partial charge in [0.2, 0.25) is 0 Å². The second kappa shape index (κ2) is 4.49. The molecule has 15 heavy (non-hydrogen) atoms. The van der Waals surface area contributed by atoms with Gasteiger partial charge in [0, 0.05) is 13.1 Å². The molecule has 0 aromatic carbocycles. The van der Waals surface area contributed by atoms with Crippen molar-refractivity contribution in [3.8, 4) is 0 Å². The van der Waals surface area contributed by atoms with Crippen LogP contribution in [-0.2, 0) is 4.74 Å². The number of hydrogen-bond acceptors (Lipinski definition) is 3. The molecule has 4 heteroatoms. The SMILES string of the molecule is CCC1CN(C(=O)c2ccco2)CCO1. The second-order valence-electron chi connectivity index (χ2n) is 3.63. The van der Waals surface area contributed by atoms with Gasteiger partial charge in [-0.25, -0.2) is 0 Å². The monoisotopic (exact) mass is 209 g/mol. The van der Waals surface area contributed by atoms with E-state index in [1.54, 1.807) is 17.0 Å². The lowest BCUT2D eigenvalue weighted by atomic mass is 10.2. The standard InChI is InChI=1S/C11H15NO3/c1-2-9-8-12(5-7-14-9)11(13)10-4-3-6-15-10/h3-4,6,9H,2,5,7-8H2,1H3. The third kappa shape index (κ3) is 2.21. The van der Waals surface area contributed by atoms with Crippen LogP contribution in [-0.4, -0.2) is 36.6 Å². The molecule has 1 fully saturated rings. The summed E-state index contributed by atoms with van der Waals surface area (Å²) >= 11 is 0. The van der Waals surface area contributed by atoms with Crippen LogP contribution in [0, 0.1) is 0 Å². The molecule has 1 unspecified atom stereocenters. The van der Waals surface area contributed by atoms with Crippen LogP contribution >= 0.6 is 0 Å². The molecule has 2 heterocycles. The van der Waals surface area contributed by atoms with Gasteiger partial charge in [-0.2, -0.15) is 0 Å². The van der Waals surface area contributed by atoms with Gasteiger partial charge in [-0.05, 0) is 18.6 Å². The summed E-state index contributed by atoms with van der Waals surface area (Å²) in [6, 6.07) is 3.42. The third-order valence-corrected chi connectivity index (χ3v) is 2.61. The minimum Gasteiger partial charge on any atom is -0.459 e. The number of amides is 1. The zero-order valence-electron chi connectivity index (χ0n) is 8.81. The van der Waals surface area contributed by atoms with E-state index in [-0.39, 0.29) is 12.0 Å². The molecule has 4 nitrogen and oxygen atoms in total. The maximum absolute atomic E-state index is 11.9. The molecule has 2 rings (SSSR count). The number of furan rings is 1. The van der Waals surface area contributed by atoms with Gasteiger partial charge in [0.25, 0.3) is 5.91 Å². The summed E-state index contributed by atoms with van der Waals surface area (Å²) in [5.74, 6) is 0.369. The molecule has 1 amide bonds. The molecule has 82 valence electrons. The molecular formula is C11H15NO3. The van der Waals surface area contributed by atoms with Crippen molar-refractivity contribution in [3.05, 3.63) is 24.2 Å². The van der Waals surface area contributed by atoms with Crippen molar-refractivity contribution in [1.29, 1.82) is 0 Å². The number of carbonyl (C=O) groups is 1.